The Hall–Kier alpha value is -0.0900. The quantitative estimate of drug-likeness (QED) is 0.813. The molecule has 0 atom stereocenters. The molecule has 0 amide bonds. The molecule has 1 fully saturated rings. The van der Waals surface area contributed by atoms with Crippen LogP contribution in [0.25, 0.3) is 0 Å². The van der Waals surface area contributed by atoms with Crippen LogP contribution in [0.3, 0.4) is 0 Å². The van der Waals surface area contributed by atoms with E-state index in [9.17, 15) is 8.42 Å². The SMILES string of the molecule is CC(C)NCC1(CCS(C)(=O)=O)CCC(C(C)(C)C)CC1. The van der Waals surface area contributed by atoms with Gasteiger partial charge in [0, 0.05) is 18.8 Å². The maximum absolute atomic E-state index is 11.6. The molecule has 0 aliphatic heterocycles. The van der Waals surface area contributed by atoms with E-state index in [2.05, 4.69) is 39.9 Å². The molecule has 0 bridgehead atoms. The Balaban J connectivity index is 2.71. The summed E-state index contributed by atoms with van der Waals surface area (Å²) in [5.41, 5.74) is 0.545. The number of sulfone groups is 1. The lowest BCUT2D eigenvalue weighted by Crippen LogP contribution is -2.42. The highest BCUT2D eigenvalue weighted by atomic mass is 32.2. The van der Waals surface area contributed by atoms with E-state index in [1.807, 2.05) is 0 Å². The van der Waals surface area contributed by atoms with Gasteiger partial charge in [-0.3, -0.25) is 0 Å². The normalized spacial score (nSPS) is 28.0. The van der Waals surface area contributed by atoms with E-state index in [-0.39, 0.29) is 5.41 Å². The fourth-order valence-electron chi connectivity index (χ4n) is 3.43. The first-order valence-electron chi connectivity index (χ1n) is 8.35. The Bertz CT molecular complexity index is 413. The molecular weight excluding hydrogens is 282 g/mol. The molecule has 0 aromatic rings. The monoisotopic (exact) mass is 317 g/mol. The van der Waals surface area contributed by atoms with Crippen LogP contribution in [-0.2, 0) is 9.84 Å². The van der Waals surface area contributed by atoms with Gasteiger partial charge >= 0.3 is 0 Å². The lowest BCUT2D eigenvalue weighted by molar-refractivity contribution is 0.0823. The van der Waals surface area contributed by atoms with Crippen molar-refractivity contribution in [1.29, 1.82) is 0 Å². The van der Waals surface area contributed by atoms with Crippen LogP contribution in [0.5, 0.6) is 0 Å². The van der Waals surface area contributed by atoms with Crippen LogP contribution in [0.4, 0.5) is 0 Å². The molecule has 1 rings (SSSR count). The zero-order chi connectivity index (χ0) is 16.3. The minimum absolute atomic E-state index is 0.176. The lowest BCUT2D eigenvalue weighted by Gasteiger charge is -2.44. The second kappa shape index (κ2) is 6.99. The van der Waals surface area contributed by atoms with Gasteiger partial charge in [-0.1, -0.05) is 34.6 Å². The minimum Gasteiger partial charge on any atom is -0.314 e. The molecule has 1 N–H and O–H groups in total. The third-order valence-electron chi connectivity index (χ3n) is 5.16. The fourth-order valence-corrected chi connectivity index (χ4v) is 4.24. The zero-order valence-corrected chi connectivity index (χ0v) is 15.6. The summed E-state index contributed by atoms with van der Waals surface area (Å²) >= 11 is 0. The smallest absolute Gasteiger partial charge is 0.147 e. The van der Waals surface area contributed by atoms with Crippen molar-refractivity contribution in [2.24, 2.45) is 16.7 Å². The second-order valence-corrected chi connectivity index (χ2v) is 10.8. The third-order valence-corrected chi connectivity index (χ3v) is 6.11. The van der Waals surface area contributed by atoms with Crippen LogP contribution in [0.1, 0.15) is 66.7 Å². The van der Waals surface area contributed by atoms with Crippen molar-refractivity contribution in [2.45, 2.75) is 72.8 Å². The summed E-state index contributed by atoms with van der Waals surface area (Å²) in [5.74, 6) is 1.09. The average Bonchev–Trinajstić information content (AvgIpc) is 2.33. The van der Waals surface area contributed by atoms with E-state index in [1.165, 1.54) is 19.1 Å². The maximum Gasteiger partial charge on any atom is 0.147 e. The van der Waals surface area contributed by atoms with Gasteiger partial charge in [-0.25, -0.2) is 8.42 Å². The van der Waals surface area contributed by atoms with Crippen LogP contribution < -0.4 is 5.32 Å². The van der Waals surface area contributed by atoms with E-state index < -0.39 is 9.84 Å². The fraction of sp³-hybridized carbons (Fsp3) is 1.00. The Morgan fingerprint density at radius 1 is 1.19 bits per heavy atom. The molecule has 126 valence electrons. The van der Waals surface area contributed by atoms with Crippen molar-refractivity contribution in [3.8, 4) is 0 Å². The third kappa shape index (κ3) is 6.68. The molecule has 0 radical (unpaired) electrons. The number of rotatable bonds is 6. The van der Waals surface area contributed by atoms with E-state index >= 15 is 0 Å². The highest BCUT2D eigenvalue weighted by Crippen LogP contribution is 2.46. The molecule has 1 saturated carbocycles. The van der Waals surface area contributed by atoms with Gasteiger partial charge in [0.15, 0.2) is 0 Å². The van der Waals surface area contributed by atoms with E-state index in [4.69, 9.17) is 0 Å². The van der Waals surface area contributed by atoms with Crippen molar-refractivity contribution in [1.82, 2.24) is 5.32 Å². The largest absolute Gasteiger partial charge is 0.314 e. The molecule has 1 aliphatic carbocycles. The van der Waals surface area contributed by atoms with Crippen LogP contribution in [0.2, 0.25) is 0 Å². The Labute approximate surface area is 132 Å². The molecule has 0 saturated heterocycles. The second-order valence-electron chi connectivity index (χ2n) is 8.56. The summed E-state index contributed by atoms with van der Waals surface area (Å²) in [7, 11) is -2.87. The van der Waals surface area contributed by atoms with Gasteiger partial charge in [0.1, 0.15) is 9.84 Å². The summed E-state index contributed by atoms with van der Waals surface area (Å²) in [6.45, 7) is 12.3. The first kappa shape index (κ1) is 19.0. The van der Waals surface area contributed by atoms with Crippen molar-refractivity contribution in [3.05, 3.63) is 0 Å². The molecular formula is C17H35NO2S. The molecule has 0 unspecified atom stereocenters. The highest BCUT2D eigenvalue weighted by Gasteiger charge is 2.38. The Morgan fingerprint density at radius 2 is 1.71 bits per heavy atom. The van der Waals surface area contributed by atoms with Crippen LogP contribution >= 0.6 is 0 Å². The molecule has 1 aliphatic rings. The highest BCUT2D eigenvalue weighted by molar-refractivity contribution is 7.90. The summed E-state index contributed by atoms with van der Waals surface area (Å²) in [6.07, 6.45) is 6.94. The van der Waals surface area contributed by atoms with Crippen molar-refractivity contribution in [2.75, 3.05) is 18.6 Å². The maximum atomic E-state index is 11.6. The van der Waals surface area contributed by atoms with Crippen molar-refractivity contribution in [3.63, 3.8) is 0 Å². The van der Waals surface area contributed by atoms with Crippen LogP contribution in [0, 0.1) is 16.7 Å². The molecule has 3 nitrogen and oxygen atoms in total. The molecule has 0 aromatic heterocycles. The van der Waals surface area contributed by atoms with E-state index in [0.29, 0.717) is 17.2 Å². The molecule has 21 heavy (non-hydrogen) atoms. The predicted octanol–water partition coefficient (Wildman–Crippen LogP) is 3.64. The Morgan fingerprint density at radius 3 is 2.10 bits per heavy atom. The van der Waals surface area contributed by atoms with Crippen LogP contribution in [0.15, 0.2) is 0 Å². The lowest BCUT2D eigenvalue weighted by atomic mass is 9.63. The van der Waals surface area contributed by atoms with Gasteiger partial charge in [0.2, 0.25) is 0 Å². The first-order chi connectivity index (χ1) is 9.44. The summed E-state index contributed by atoms with van der Waals surface area (Å²) in [4.78, 5) is 0. The zero-order valence-electron chi connectivity index (χ0n) is 14.8. The average molecular weight is 318 g/mol. The Kier molecular flexibility index (Phi) is 6.31. The first-order valence-corrected chi connectivity index (χ1v) is 10.4. The van der Waals surface area contributed by atoms with Crippen molar-refractivity contribution < 1.29 is 8.42 Å². The van der Waals surface area contributed by atoms with Crippen molar-refractivity contribution >= 4 is 9.84 Å². The van der Waals surface area contributed by atoms with E-state index in [1.54, 1.807) is 0 Å². The molecule has 0 spiro atoms. The van der Waals surface area contributed by atoms with Gasteiger partial charge in [-0.15, -0.1) is 0 Å². The number of hydrogen-bond donors (Lipinski definition) is 1. The van der Waals surface area contributed by atoms with Crippen LogP contribution in [-0.4, -0.2) is 33.0 Å². The van der Waals surface area contributed by atoms with Gasteiger partial charge in [0.25, 0.3) is 0 Å². The van der Waals surface area contributed by atoms with Gasteiger partial charge in [-0.2, -0.15) is 0 Å². The van der Waals surface area contributed by atoms with Gasteiger partial charge < -0.3 is 5.32 Å². The molecule has 0 aromatic carbocycles. The minimum atomic E-state index is -2.87. The molecule has 0 heterocycles. The standard InChI is InChI=1S/C17H35NO2S/c1-14(2)18-13-17(11-12-21(6,19)20)9-7-15(8-10-17)16(3,4)5/h14-15,18H,7-13H2,1-6H3. The summed E-state index contributed by atoms with van der Waals surface area (Å²) in [6, 6.07) is 0.459. The predicted molar refractivity (Wildman–Crippen MR) is 91.3 cm³/mol. The number of hydrogen-bond acceptors (Lipinski definition) is 3. The molecule has 4 heteroatoms. The van der Waals surface area contributed by atoms with E-state index in [0.717, 1.165) is 31.7 Å². The summed E-state index contributed by atoms with van der Waals surface area (Å²) in [5, 5.41) is 3.55. The van der Waals surface area contributed by atoms with Gasteiger partial charge in [0.05, 0.1) is 5.75 Å². The topological polar surface area (TPSA) is 46.2 Å². The summed E-state index contributed by atoms with van der Waals surface area (Å²) < 4.78 is 23.1. The van der Waals surface area contributed by atoms with Gasteiger partial charge in [-0.05, 0) is 48.9 Å². The number of nitrogens with one attached hydrogen (secondary N) is 1.